The average Bonchev–Trinajstić information content (AvgIpc) is 3.09. The molecule has 0 fully saturated rings. The second-order valence-corrected chi connectivity index (χ2v) is 7.72. The molecule has 2 heterocycles. The highest BCUT2D eigenvalue weighted by molar-refractivity contribution is 6.16. The van der Waals surface area contributed by atoms with Crippen molar-refractivity contribution < 1.29 is 22.5 Å². The number of aryl methyl sites for hydroxylation is 2. The van der Waals surface area contributed by atoms with E-state index in [1.165, 1.54) is 27.5 Å². The maximum absolute atomic E-state index is 12.7. The summed E-state index contributed by atoms with van der Waals surface area (Å²) in [6.45, 7) is 2.14. The van der Waals surface area contributed by atoms with Crippen LogP contribution in [0.25, 0.3) is 21.8 Å². The summed E-state index contributed by atoms with van der Waals surface area (Å²) in [6, 6.07) is 23.5. The molecular formula is C25H25ClN2O. The van der Waals surface area contributed by atoms with Crippen LogP contribution >= 0.6 is 0 Å². The highest BCUT2D eigenvalue weighted by Crippen LogP contribution is 2.37. The third-order valence-electron chi connectivity index (χ3n) is 5.92. The van der Waals surface area contributed by atoms with Crippen molar-refractivity contribution in [1.82, 2.24) is 4.57 Å². The fraction of sp³-hybridized carbons (Fsp3) is 0.240. The van der Waals surface area contributed by atoms with Gasteiger partial charge in [0.25, 0.3) is 0 Å². The van der Waals surface area contributed by atoms with E-state index in [2.05, 4.69) is 66.0 Å². The smallest absolute Gasteiger partial charge is 0.231 e. The maximum Gasteiger partial charge on any atom is 0.231 e. The van der Waals surface area contributed by atoms with Crippen LogP contribution in [-0.2, 0) is 19.4 Å². The van der Waals surface area contributed by atoms with Gasteiger partial charge in [-0.3, -0.25) is 9.36 Å². The quantitative estimate of drug-likeness (QED) is 0.480. The summed E-state index contributed by atoms with van der Waals surface area (Å²) in [7, 11) is 0. The van der Waals surface area contributed by atoms with E-state index in [9.17, 15) is 4.79 Å². The van der Waals surface area contributed by atoms with Crippen molar-refractivity contribution in [3.05, 3.63) is 83.4 Å². The van der Waals surface area contributed by atoms with E-state index in [0.717, 1.165) is 43.4 Å². The van der Waals surface area contributed by atoms with Crippen molar-refractivity contribution in [2.24, 2.45) is 0 Å². The van der Waals surface area contributed by atoms with E-state index < -0.39 is 0 Å². The molecular weight excluding hydrogens is 380 g/mol. The summed E-state index contributed by atoms with van der Waals surface area (Å²) in [6.07, 6.45) is 3.64. The SMILES string of the molecule is O=C1CCc2ccc(CCC[NH2+]Cc3ccccc3)c3c4ccccc4n1c23.[Cl-]. The van der Waals surface area contributed by atoms with Crippen molar-refractivity contribution in [1.29, 1.82) is 0 Å². The van der Waals surface area contributed by atoms with Gasteiger partial charge in [-0.25, -0.2) is 0 Å². The molecule has 0 unspecified atom stereocenters. The summed E-state index contributed by atoms with van der Waals surface area (Å²) in [5.74, 6) is 0.229. The molecule has 0 saturated heterocycles. The molecule has 148 valence electrons. The minimum atomic E-state index is 0. The topological polar surface area (TPSA) is 38.6 Å². The highest BCUT2D eigenvalue weighted by atomic mass is 35.5. The zero-order chi connectivity index (χ0) is 18.9. The van der Waals surface area contributed by atoms with Gasteiger partial charge in [0, 0.05) is 29.2 Å². The second kappa shape index (κ2) is 8.40. The third kappa shape index (κ3) is 3.57. The Balaban J connectivity index is 0.00000205. The van der Waals surface area contributed by atoms with Crippen molar-refractivity contribution in [2.45, 2.75) is 32.2 Å². The normalized spacial score (nSPS) is 13.0. The monoisotopic (exact) mass is 404 g/mol. The zero-order valence-corrected chi connectivity index (χ0v) is 17.2. The molecule has 0 radical (unpaired) electrons. The van der Waals surface area contributed by atoms with Crippen LogP contribution in [0.4, 0.5) is 0 Å². The van der Waals surface area contributed by atoms with E-state index in [4.69, 9.17) is 0 Å². The molecule has 3 aromatic carbocycles. The third-order valence-corrected chi connectivity index (χ3v) is 5.92. The fourth-order valence-corrected chi connectivity index (χ4v) is 4.57. The second-order valence-electron chi connectivity index (χ2n) is 7.72. The summed E-state index contributed by atoms with van der Waals surface area (Å²) in [5.41, 5.74) is 6.27. The molecule has 5 rings (SSSR count). The number of quaternary nitrogens is 1. The van der Waals surface area contributed by atoms with Crippen molar-refractivity contribution in [2.75, 3.05) is 6.54 Å². The number of nitrogens with two attached hydrogens (primary N) is 1. The van der Waals surface area contributed by atoms with Gasteiger partial charge in [-0.15, -0.1) is 0 Å². The first-order chi connectivity index (χ1) is 13.8. The fourth-order valence-electron chi connectivity index (χ4n) is 4.57. The number of carbonyl (C=O) groups excluding carboxylic acids is 1. The van der Waals surface area contributed by atoms with Crippen molar-refractivity contribution in [3.63, 3.8) is 0 Å². The lowest BCUT2D eigenvalue weighted by atomic mass is 9.96. The van der Waals surface area contributed by atoms with Crippen LogP contribution in [0.1, 0.15) is 34.3 Å². The van der Waals surface area contributed by atoms with Crippen LogP contribution in [0.3, 0.4) is 0 Å². The predicted octanol–water partition coefficient (Wildman–Crippen LogP) is 1.08. The minimum Gasteiger partial charge on any atom is -1.00 e. The Morgan fingerprint density at radius 3 is 2.55 bits per heavy atom. The first-order valence-electron chi connectivity index (χ1n) is 10.3. The Morgan fingerprint density at radius 2 is 1.69 bits per heavy atom. The Kier molecular flexibility index (Phi) is 5.70. The molecule has 0 bridgehead atoms. The largest absolute Gasteiger partial charge is 1.00 e. The number of halogens is 1. The molecule has 0 aliphatic carbocycles. The first kappa shape index (κ1) is 19.7. The molecule has 2 N–H and O–H groups in total. The van der Waals surface area contributed by atoms with Crippen LogP contribution in [0.5, 0.6) is 0 Å². The molecule has 29 heavy (non-hydrogen) atoms. The lowest BCUT2D eigenvalue weighted by Crippen LogP contribution is -3.00. The number of rotatable bonds is 6. The van der Waals surface area contributed by atoms with Gasteiger partial charge in [0.05, 0.1) is 17.6 Å². The molecule has 4 heteroatoms. The van der Waals surface area contributed by atoms with E-state index >= 15 is 0 Å². The molecule has 1 aliphatic heterocycles. The molecule has 0 atom stereocenters. The van der Waals surface area contributed by atoms with Gasteiger partial charge in [0.2, 0.25) is 5.91 Å². The predicted molar refractivity (Wildman–Crippen MR) is 114 cm³/mol. The maximum atomic E-state index is 12.7. The van der Waals surface area contributed by atoms with Gasteiger partial charge < -0.3 is 17.7 Å². The minimum absolute atomic E-state index is 0. The van der Waals surface area contributed by atoms with Crippen molar-refractivity contribution in [3.8, 4) is 0 Å². The molecule has 1 aromatic heterocycles. The Morgan fingerprint density at radius 1 is 0.897 bits per heavy atom. The van der Waals surface area contributed by atoms with Crippen LogP contribution in [0, 0.1) is 0 Å². The molecule has 0 spiro atoms. The van der Waals surface area contributed by atoms with Gasteiger partial charge in [-0.2, -0.15) is 0 Å². The summed E-state index contributed by atoms with van der Waals surface area (Å²) >= 11 is 0. The van der Waals surface area contributed by atoms with Crippen LogP contribution in [0.2, 0.25) is 0 Å². The lowest BCUT2D eigenvalue weighted by molar-refractivity contribution is -0.670. The number of fused-ring (bicyclic) bond motifs is 3. The number of carbonyl (C=O) groups is 1. The Labute approximate surface area is 177 Å². The van der Waals surface area contributed by atoms with Crippen LogP contribution < -0.4 is 17.7 Å². The lowest BCUT2D eigenvalue weighted by Gasteiger charge is -2.16. The summed E-state index contributed by atoms with van der Waals surface area (Å²) < 4.78 is 1.97. The van der Waals surface area contributed by atoms with Gasteiger partial charge in [0.15, 0.2) is 0 Å². The van der Waals surface area contributed by atoms with Gasteiger partial charge in [-0.1, -0.05) is 60.7 Å². The molecule has 4 aromatic rings. The van der Waals surface area contributed by atoms with Crippen LogP contribution in [-0.4, -0.2) is 17.0 Å². The number of benzene rings is 3. The van der Waals surface area contributed by atoms with Gasteiger partial charge in [0.1, 0.15) is 6.54 Å². The van der Waals surface area contributed by atoms with Crippen LogP contribution in [0.15, 0.2) is 66.7 Å². The number of hydrogen-bond donors (Lipinski definition) is 1. The summed E-state index contributed by atoms with van der Waals surface area (Å²) in [4.78, 5) is 12.7. The van der Waals surface area contributed by atoms with E-state index in [-0.39, 0.29) is 18.3 Å². The number of hydrogen-bond acceptors (Lipinski definition) is 1. The first-order valence-corrected chi connectivity index (χ1v) is 10.3. The van der Waals surface area contributed by atoms with Gasteiger partial charge >= 0.3 is 0 Å². The Hall–Kier alpha value is -2.62. The number of nitrogens with zero attached hydrogens (tertiary/aromatic N) is 1. The number of aromatic nitrogens is 1. The molecule has 1 aliphatic rings. The molecule has 3 nitrogen and oxygen atoms in total. The van der Waals surface area contributed by atoms with Crippen molar-refractivity contribution >= 4 is 27.7 Å². The molecule has 0 amide bonds. The van der Waals surface area contributed by atoms with E-state index in [1.807, 2.05) is 10.6 Å². The average molecular weight is 405 g/mol. The molecule has 0 saturated carbocycles. The zero-order valence-electron chi connectivity index (χ0n) is 16.4. The summed E-state index contributed by atoms with van der Waals surface area (Å²) in [5, 5.41) is 4.90. The van der Waals surface area contributed by atoms with Gasteiger partial charge in [-0.05, 0) is 30.0 Å². The number of para-hydroxylation sites is 1. The van der Waals surface area contributed by atoms with E-state index in [1.54, 1.807) is 0 Å². The highest BCUT2D eigenvalue weighted by Gasteiger charge is 2.24. The van der Waals surface area contributed by atoms with E-state index in [0.29, 0.717) is 6.42 Å². The standard InChI is InChI=1S/C25H24N2O.ClH/c28-23-15-14-20-13-12-19(9-6-16-26-17-18-7-2-1-3-8-18)24-21-10-4-5-11-22(21)27(23)25(20)24;/h1-5,7-8,10-13,26H,6,9,14-17H2;1H. The Bertz CT molecular complexity index is 1160.